The smallest absolute Gasteiger partial charge is 0.258 e. The van der Waals surface area contributed by atoms with E-state index < -0.39 is 41.6 Å². The Labute approximate surface area is 150 Å². The van der Waals surface area contributed by atoms with Crippen molar-refractivity contribution in [1.29, 1.82) is 0 Å². The zero-order valence-corrected chi connectivity index (χ0v) is 14.5. The van der Waals surface area contributed by atoms with Gasteiger partial charge in [-0.1, -0.05) is 31.6 Å². The fraction of sp³-hybridized carbons (Fsp3) is 0.500. The predicted octanol–water partition coefficient (Wildman–Crippen LogP) is -0.0522. The number of piperidine rings is 1. The molecule has 2 saturated heterocycles. The highest BCUT2D eigenvalue weighted by Crippen LogP contribution is 2.34. The SMILES string of the molecule is CCCCC(=O)NC1C=CC=C2C(=O)N(C3CCC(=O)NC3=O)C(=O)C21. The largest absolute Gasteiger partial charge is 0.349 e. The standard InChI is InChI=1S/C18H21N3O5/c1-2-3-7-13(22)19-11-6-4-5-10-15(11)18(26)21(17(10)25)12-8-9-14(23)20-16(12)24/h4-6,11-12,15H,2-3,7-9H2,1H3,(H,19,22)(H,20,23,24). The molecule has 0 saturated carbocycles. The molecule has 8 heteroatoms. The third-order valence-corrected chi connectivity index (χ3v) is 4.86. The Morgan fingerprint density at radius 2 is 2.08 bits per heavy atom. The van der Waals surface area contributed by atoms with Crippen LogP contribution in [0.3, 0.4) is 0 Å². The number of likely N-dealkylation sites (tertiary alicyclic amines) is 1. The number of carbonyl (C=O) groups is 5. The van der Waals surface area contributed by atoms with Gasteiger partial charge in [0.25, 0.3) is 5.91 Å². The quantitative estimate of drug-likeness (QED) is 0.668. The van der Waals surface area contributed by atoms with Crippen molar-refractivity contribution in [1.82, 2.24) is 15.5 Å². The summed E-state index contributed by atoms with van der Waals surface area (Å²) in [6, 6.07) is -1.61. The van der Waals surface area contributed by atoms with E-state index in [0.717, 1.165) is 17.7 Å². The minimum atomic E-state index is -0.990. The highest BCUT2D eigenvalue weighted by Gasteiger charge is 2.52. The third kappa shape index (κ3) is 3.18. The van der Waals surface area contributed by atoms with Crippen LogP contribution < -0.4 is 10.6 Å². The molecule has 138 valence electrons. The lowest BCUT2D eigenvalue weighted by atomic mass is 9.89. The van der Waals surface area contributed by atoms with E-state index in [4.69, 9.17) is 0 Å². The summed E-state index contributed by atoms with van der Waals surface area (Å²) >= 11 is 0. The number of nitrogens with one attached hydrogen (secondary N) is 2. The van der Waals surface area contributed by atoms with Crippen molar-refractivity contribution >= 4 is 29.5 Å². The number of amides is 5. The molecule has 3 rings (SSSR count). The first-order valence-electron chi connectivity index (χ1n) is 8.83. The van der Waals surface area contributed by atoms with Gasteiger partial charge in [-0.15, -0.1) is 0 Å². The van der Waals surface area contributed by atoms with Crippen molar-refractivity contribution in [2.45, 2.75) is 51.1 Å². The zero-order valence-electron chi connectivity index (χ0n) is 14.5. The second kappa shape index (κ2) is 7.23. The summed E-state index contributed by atoms with van der Waals surface area (Å²) in [7, 11) is 0. The maximum Gasteiger partial charge on any atom is 0.258 e. The van der Waals surface area contributed by atoms with Crippen molar-refractivity contribution in [3.8, 4) is 0 Å². The molecule has 8 nitrogen and oxygen atoms in total. The lowest BCUT2D eigenvalue weighted by Crippen LogP contribution is -2.55. The highest BCUT2D eigenvalue weighted by atomic mass is 16.2. The fourth-order valence-electron chi connectivity index (χ4n) is 3.52. The molecular formula is C18H21N3O5. The van der Waals surface area contributed by atoms with Gasteiger partial charge in [0.15, 0.2) is 0 Å². The average Bonchev–Trinajstić information content (AvgIpc) is 2.85. The molecule has 2 heterocycles. The second-order valence-electron chi connectivity index (χ2n) is 6.66. The van der Waals surface area contributed by atoms with Crippen LogP contribution in [0.1, 0.15) is 39.0 Å². The van der Waals surface area contributed by atoms with Crippen LogP contribution in [-0.4, -0.2) is 46.5 Å². The summed E-state index contributed by atoms with van der Waals surface area (Å²) in [5, 5.41) is 4.96. The number of fused-ring (bicyclic) bond motifs is 1. The van der Waals surface area contributed by atoms with Crippen LogP contribution in [0.4, 0.5) is 0 Å². The molecule has 0 bridgehead atoms. The minimum Gasteiger partial charge on any atom is -0.349 e. The molecule has 0 radical (unpaired) electrons. The van der Waals surface area contributed by atoms with Crippen LogP contribution in [0.2, 0.25) is 0 Å². The summed E-state index contributed by atoms with van der Waals surface area (Å²) in [4.78, 5) is 62.0. The van der Waals surface area contributed by atoms with Gasteiger partial charge < -0.3 is 5.32 Å². The fourth-order valence-corrected chi connectivity index (χ4v) is 3.52. The van der Waals surface area contributed by atoms with Gasteiger partial charge in [0.1, 0.15) is 6.04 Å². The van der Waals surface area contributed by atoms with Crippen molar-refractivity contribution in [2.75, 3.05) is 0 Å². The van der Waals surface area contributed by atoms with Crippen LogP contribution in [0, 0.1) is 5.92 Å². The van der Waals surface area contributed by atoms with E-state index in [1.54, 1.807) is 18.2 Å². The van der Waals surface area contributed by atoms with E-state index in [0.29, 0.717) is 6.42 Å². The van der Waals surface area contributed by atoms with Gasteiger partial charge in [-0.05, 0) is 12.8 Å². The monoisotopic (exact) mass is 359 g/mol. The Kier molecular flexibility index (Phi) is 5.01. The molecule has 5 amide bonds. The van der Waals surface area contributed by atoms with Gasteiger partial charge in [-0.25, -0.2) is 0 Å². The van der Waals surface area contributed by atoms with Crippen LogP contribution in [0.5, 0.6) is 0 Å². The molecule has 0 aromatic heterocycles. The molecule has 3 aliphatic rings. The number of allylic oxidation sites excluding steroid dienone is 2. The first-order chi connectivity index (χ1) is 12.4. The number of imide groups is 2. The second-order valence-corrected chi connectivity index (χ2v) is 6.66. The Balaban J connectivity index is 1.79. The van der Waals surface area contributed by atoms with Gasteiger partial charge in [-0.2, -0.15) is 0 Å². The van der Waals surface area contributed by atoms with Crippen molar-refractivity contribution in [3.05, 3.63) is 23.8 Å². The number of unbranched alkanes of at least 4 members (excludes halogenated alkanes) is 1. The Hall–Kier alpha value is -2.77. The summed E-state index contributed by atoms with van der Waals surface area (Å²) in [5.74, 6) is -3.11. The first kappa shape index (κ1) is 18.0. The van der Waals surface area contributed by atoms with E-state index in [2.05, 4.69) is 10.6 Å². The minimum absolute atomic E-state index is 0.0760. The molecular weight excluding hydrogens is 338 g/mol. The number of hydrogen-bond donors (Lipinski definition) is 2. The summed E-state index contributed by atoms with van der Waals surface area (Å²) in [5.41, 5.74) is 0.267. The Morgan fingerprint density at radius 1 is 1.31 bits per heavy atom. The van der Waals surface area contributed by atoms with Gasteiger partial charge >= 0.3 is 0 Å². The average molecular weight is 359 g/mol. The molecule has 1 aliphatic carbocycles. The van der Waals surface area contributed by atoms with Gasteiger partial charge in [-0.3, -0.25) is 34.2 Å². The molecule has 0 aromatic carbocycles. The van der Waals surface area contributed by atoms with Gasteiger partial charge in [0.05, 0.1) is 12.0 Å². The summed E-state index contributed by atoms with van der Waals surface area (Å²) in [6.07, 6.45) is 7.02. The highest BCUT2D eigenvalue weighted by molar-refractivity contribution is 6.18. The molecule has 2 aliphatic heterocycles. The Morgan fingerprint density at radius 3 is 2.77 bits per heavy atom. The number of rotatable bonds is 5. The van der Waals surface area contributed by atoms with Crippen LogP contribution in [0.15, 0.2) is 23.8 Å². The molecule has 0 spiro atoms. The van der Waals surface area contributed by atoms with E-state index in [1.807, 2.05) is 6.92 Å². The van der Waals surface area contributed by atoms with Gasteiger partial charge in [0.2, 0.25) is 23.6 Å². The lowest BCUT2D eigenvalue weighted by molar-refractivity contribution is -0.151. The molecule has 3 atom stereocenters. The topological polar surface area (TPSA) is 113 Å². The molecule has 2 fully saturated rings. The molecule has 26 heavy (non-hydrogen) atoms. The lowest BCUT2D eigenvalue weighted by Gasteiger charge is -2.28. The van der Waals surface area contributed by atoms with Crippen molar-refractivity contribution < 1.29 is 24.0 Å². The molecule has 3 unspecified atom stereocenters. The van der Waals surface area contributed by atoms with Crippen molar-refractivity contribution in [2.24, 2.45) is 5.92 Å². The number of nitrogens with zero attached hydrogens (tertiary/aromatic N) is 1. The van der Waals surface area contributed by atoms with E-state index in [1.165, 1.54) is 0 Å². The van der Waals surface area contributed by atoms with Gasteiger partial charge in [0, 0.05) is 18.4 Å². The molecule has 0 aromatic rings. The summed E-state index contributed by atoms with van der Waals surface area (Å²) < 4.78 is 0. The third-order valence-electron chi connectivity index (χ3n) is 4.86. The predicted molar refractivity (Wildman–Crippen MR) is 90.2 cm³/mol. The van der Waals surface area contributed by atoms with E-state index in [9.17, 15) is 24.0 Å². The van der Waals surface area contributed by atoms with E-state index >= 15 is 0 Å². The Bertz CT molecular complexity index is 739. The summed E-state index contributed by atoms with van der Waals surface area (Å²) in [6.45, 7) is 1.98. The number of hydrogen-bond acceptors (Lipinski definition) is 5. The van der Waals surface area contributed by atoms with Crippen LogP contribution in [0.25, 0.3) is 0 Å². The number of carbonyl (C=O) groups excluding carboxylic acids is 5. The van der Waals surface area contributed by atoms with Crippen LogP contribution >= 0.6 is 0 Å². The molecule has 2 N–H and O–H groups in total. The van der Waals surface area contributed by atoms with Crippen LogP contribution in [-0.2, 0) is 24.0 Å². The zero-order chi connectivity index (χ0) is 18.8. The maximum absolute atomic E-state index is 12.9. The first-order valence-corrected chi connectivity index (χ1v) is 8.83. The maximum atomic E-state index is 12.9. The normalized spacial score (nSPS) is 28.0. The van der Waals surface area contributed by atoms with Crippen molar-refractivity contribution in [3.63, 3.8) is 0 Å². The van der Waals surface area contributed by atoms with E-state index in [-0.39, 0.29) is 24.3 Å².